The molecule has 0 saturated carbocycles. The zero-order chi connectivity index (χ0) is 13.2. The van der Waals surface area contributed by atoms with E-state index in [4.69, 9.17) is 11.6 Å². The summed E-state index contributed by atoms with van der Waals surface area (Å²) in [5.41, 5.74) is 1.32. The predicted octanol–water partition coefficient (Wildman–Crippen LogP) is 3.12. The van der Waals surface area contributed by atoms with E-state index in [2.05, 4.69) is 15.2 Å². The van der Waals surface area contributed by atoms with E-state index in [-0.39, 0.29) is 5.28 Å². The molecule has 1 aromatic carbocycles. The van der Waals surface area contributed by atoms with E-state index in [0.717, 1.165) is 11.8 Å². The summed E-state index contributed by atoms with van der Waals surface area (Å²) in [5.74, 6) is 0.0966. The Morgan fingerprint density at radius 1 is 1.05 bits per heavy atom. The van der Waals surface area contributed by atoms with Crippen molar-refractivity contribution >= 4 is 11.6 Å². The van der Waals surface area contributed by atoms with E-state index >= 15 is 0 Å². The number of nitrogens with zero attached hydrogens (tertiary/aromatic N) is 4. The van der Waals surface area contributed by atoms with Gasteiger partial charge in [-0.1, -0.05) is 30.3 Å². The van der Waals surface area contributed by atoms with Gasteiger partial charge in [0.25, 0.3) is 0 Å². The molecular weight excluding hydrogens is 267 g/mol. The third-order valence-corrected chi connectivity index (χ3v) is 2.85. The van der Waals surface area contributed by atoms with Gasteiger partial charge in [-0.2, -0.15) is 0 Å². The standard InChI is InChI=1S/C13H8ClFN4/c14-13-18-17-12(9-4-2-1-3-5-9)19(13)11-6-10(15)7-16-8-11/h1-8H. The van der Waals surface area contributed by atoms with Gasteiger partial charge < -0.3 is 0 Å². The van der Waals surface area contributed by atoms with Gasteiger partial charge in [0, 0.05) is 11.6 Å². The van der Waals surface area contributed by atoms with Crippen molar-refractivity contribution in [2.24, 2.45) is 0 Å². The van der Waals surface area contributed by atoms with Crippen molar-refractivity contribution in [1.82, 2.24) is 19.7 Å². The Balaban J connectivity index is 2.20. The second-order valence-electron chi connectivity index (χ2n) is 3.86. The van der Waals surface area contributed by atoms with E-state index < -0.39 is 5.82 Å². The lowest BCUT2D eigenvalue weighted by Crippen LogP contribution is -1.99. The number of halogens is 2. The number of benzene rings is 1. The first-order chi connectivity index (χ1) is 9.25. The molecule has 2 aromatic heterocycles. The highest BCUT2D eigenvalue weighted by Gasteiger charge is 2.14. The fraction of sp³-hybridized carbons (Fsp3) is 0. The first-order valence-electron chi connectivity index (χ1n) is 5.53. The summed E-state index contributed by atoms with van der Waals surface area (Å²) in [6, 6.07) is 10.7. The molecule has 0 aliphatic rings. The molecule has 3 aromatic rings. The van der Waals surface area contributed by atoms with Crippen LogP contribution in [0.25, 0.3) is 17.1 Å². The van der Waals surface area contributed by atoms with Crippen molar-refractivity contribution < 1.29 is 4.39 Å². The Morgan fingerprint density at radius 2 is 1.84 bits per heavy atom. The van der Waals surface area contributed by atoms with E-state index in [9.17, 15) is 4.39 Å². The van der Waals surface area contributed by atoms with Crippen molar-refractivity contribution in [2.75, 3.05) is 0 Å². The van der Waals surface area contributed by atoms with Crippen LogP contribution in [0.4, 0.5) is 4.39 Å². The Labute approximate surface area is 113 Å². The SMILES string of the molecule is Fc1cncc(-n2c(Cl)nnc2-c2ccccc2)c1. The van der Waals surface area contributed by atoms with Crippen LogP contribution in [0.15, 0.2) is 48.8 Å². The molecule has 0 aliphatic carbocycles. The van der Waals surface area contributed by atoms with E-state index in [0.29, 0.717) is 11.5 Å². The van der Waals surface area contributed by atoms with Gasteiger partial charge in [0.2, 0.25) is 5.28 Å². The summed E-state index contributed by atoms with van der Waals surface area (Å²) in [4.78, 5) is 3.81. The van der Waals surface area contributed by atoms with Crippen LogP contribution >= 0.6 is 11.6 Å². The summed E-state index contributed by atoms with van der Waals surface area (Å²) in [6.45, 7) is 0. The van der Waals surface area contributed by atoms with Crippen LogP contribution in [0.5, 0.6) is 0 Å². The molecule has 0 bridgehead atoms. The van der Waals surface area contributed by atoms with Crippen LogP contribution in [0.3, 0.4) is 0 Å². The molecule has 6 heteroatoms. The van der Waals surface area contributed by atoms with E-state index in [1.807, 2.05) is 30.3 Å². The molecule has 19 heavy (non-hydrogen) atoms. The molecule has 4 nitrogen and oxygen atoms in total. The zero-order valence-corrected chi connectivity index (χ0v) is 10.4. The quantitative estimate of drug-likeness (QED) is 0.721. The normalized spacial score (nSPS) is 10.6. The Morgan fingerprint density at radius 3 is 2.58 bits per heavy atom. The second-order valence-corrected chi connectivity index (χ2v) is 4.19. The maximum Gasteiger partial charge on any atom is 0.230 e. The monoisotopic (exact) mass is 274 g/mol. The summed E-state index contributed by atoms with van der Waals surface area (Å²) < 4.78 is 14.8. The lowest BCUT2D eigenvalue weighted by molar-refractivity contribution is 0.620. The minimum Gasteiger partial charge on any atom is -0.264 e. The van der Waals surface area contributed by atoms with Crippen LogP contribution in [0.1, 0.15) is 0 Å². The van der Waals surface area contributed by atoms with Crippen molar-refractivity contribution in [3.05, 3.63) is 59.9 Å². The summed E-state index contributed by atoms with van der Waals surface area (Å²) in [5, 5.41) is 8.01. The van der Waals surface area contributed by atoms with Crippen LogP contribution in [0.2, 0.25) is 5.28 Å². The first kappa shape index (κ1) is 11.8. The molecule has 3 rings (SSSR count). The average molecular weight is 275 g/mol. The molecule has 0 N–H and O–H groups in total. The largest absolute Gasteiger partial charge is 0.264 e. The number of hydrogen-bond acceptors (Lipinski definition) is 3. The lowest BCUT2D eigenvalue weighted by atomic mass is 10.2. The van der Waals surface area contributed by atoms with Gasteiger partial charge in [-0.05, 0) is 11.6 Å². The van der Waals surface area contributed by atoms with Crippen molar-refractivity contribution in [1.29, 1.82) is 0 Å². The molecule has 0 fully saturated rings. The van der Waals surface area contributed by atoms with Crippen LogP contribution in [-0.2, 0) is 0 Å². The first-order valence-corrected chi connectivity index (χ1v) is 5.91. The van der Waals surface area contributed by atoms with Crippen LogP contribution < -0.4 is 0 Å². The topological polar surface area (TPSA) is 43.6 Å². The zero-order valence-electron chi connectivity index (χ0n) is 9.66. The maximum absolute atomic E-state index is 13.3. The van der Waals surface area contributed by atoms with Gasteiger partial charge in [0.15, 0.2) is 5.82 Å². The van der Waals surface area contributed by atoms with Gasteiger partial charge in [0.1, 0.15) is 5.82 Å². The Bertz CT molecular complexity index is 712. The minimum atomic E-state index is -0.443. The average Bonchev–Trinajstić information content (AvgIpc) is 2.82. The number of aromatic nitrogens is 4. The fourth-order valence-corrected chi connectivity index (χ4v) is 2.01. The molecule has 0 radical (unpaired) electrons. The van der Waals surface area contributed by atoms with Crippen molar-refractivity contribution in [3.8, 4) is 17.1 Å². The molecule has 0 saturated heterocycles. The van der Waals surface area contributed by atoms with Crippen molar-refractivity contribution in [3.63, 3.8) is 0 Å². The highest BCUT2D eigenvalue weighted by Crippen LogP contribution is 2.24. The summed E-state index contributed by atoms with van der Waals surface area (Å²) >= 11 is 6.02. The number of rotatable bonds is 2. The maximum atomic E-state index is 13.3. The molecule has 0 amide bonds. The van der Waals surface area contributed by atoms with Gasteiger partial charge in [-0.15, -0.1) is 10.2 Å². The summed E-state index contributed by atoms with van der Waals surface area (Å²) in [6.07, 6.45) is 2.63. The van der Waals surface area contributed by atoms with Crippen LogP contribution in [-0.4, -0.2) is 19.7 Å². The van der Waals surface area contributed by atoms with Crippen molar-refractivity contribution in [2.45, 2.75) is 0 Å². The highest BCUT2D eigenvalue weighted by molar-refractivity contribution is 6.28. The molecule has 0 unspecified atom stereocenters. The Hall–Kier alpha value is -2.27. The minimum absolute atomic E-state index is 0.159. The highest BCUT2D eigenvalue weighted by atomic mass is 35.5. The van der Waals surface area contributed by atoms with E-state index in [1.54, 1.807) is 4.57 Å². The van der Waals surface area contributed by atoms with Crippen LogP contribution in [0, 0.1) is 5.82 Å². The lowest BCUT2D eigenvalue weighted by Gasteiger charge is -2.07. The molecule has 94 valence electrons. The number of hydrogen-bond donors (Lipinski definition) is 0. The molecule has 2 heterocycles. The molecule has 0 spiro atoms. The smallest absolute Gasteiger partial charge is 0.230 e. The third-order valence-electron chi connectivity index (χ3n) is 2.60. The number of pyridine rings is 1. The van der Waals surface area contributed by atoms with Gasteiger partial charge in [0.05, 0.1) is 18.1 Å². The third kappa shape index (κ3) is 2.20. The molecule has 0 aliphatic heterocycles. The van der Waals surface area contributed by atoms with Gasteiger partial charge >= 0.3 is 0 Å². The summed E-state index contributed by atoms with van der Waals surface area (Å²) in [7, 11) is 0. The predicted molar refractivity (Wildman–Crippen MR) is 69.6 cm³/mol. The van der Waals surface area contributed by atoms with Gasteiger partial charge in [-0.25, -0.2) is 4.39 Å². The molecule has 0 atom stereocenters. The van der Waals surface area contributed by atoms with Gasteiger partial charge in [-0.3, -0.25) is 9.55 Å². The second kappa shape index (κ2) is 4.78. The Kier molecular flexibility index (Phi) is 2.97. The van der Waals surface area contributed by atoms with E-state index in [1.165, 1.54) is 12.3 Å². The molecular formula is C13H8ClFN4. The fourth-order valence-electron chi connectivity index (χ4n) is 1.79.